The second kappa shape index (κ2) is 9.99. The minimum Gasteiger partial charge on any atom is -0.478 e. The lowest BCUT2D eigenvalue weighted by atomic mass is 10.0. The molecule has 1 aromatic heterocycles. The summed E-state index contributed by atoms with van der Waals surface area (Å²) in [6.45, 7) is 1.69. The van der Waals surface area contributed by atoms with Gasteiger partial charge in [0, 0.05) is 5.56 Å². The zero-order valence-electron chi connectivity index (χ0n) is 20.4. The molecule has 11 heteroatoms. The lowest BCUT2D eigenvalue weighted by Crippen LogP contribution is -2.18. The summed E-state index contributed by atoms with van der Waals surface area (Å²) >= 11 is 6.48. The summed E-state index contributed by atoms with van der Waals surface area (Å²) in [5.74, 6) is -1.73. The number of halogens is 1. The SMILES string of the molecule is Cc1cc(C(=O)Nc2ccc(-c3ccccc3S(N)(=O)=O)cc2Cl)n(-c2cc3ccccc3cc2C(=O)O)n1. The van der Waals surface area contributed by atoms with E-state index in [1.807, 2.05) is 18.2 Å². The highest BCUT2D eigenvalue weighted by atomic mass is 35.5. The smallest absolute Gasteiger partial charge is 0.337 e. The van der Waals surface area contributed by atoms with Gasteiger partial charge in [-0.1, -0.05) is 60.1 Å². The maximum Gasteiger partial charge on any atom is 0.337 e. The van der Waals surface area contributed by atoms with E-state index in [2.05, 4.69) is 10.4 Å². The van der Waals surface area contributed by atoms with Crippen LogP contribution in [0.3, 0.4) is 0 Å². The molecule has 196 valence electrons. The second-order valence-corrected chi connectivity index (χ2v) is 10.7. The third-order valence-electron chi connectivity index (χ3n) is 6.11. The van der Waals surface area contributed by atoms with Crippen molar-refractivity contribution < 1.29 is 23.1 Å². The summed E-state index contributed by atoms with van der Waals surface area (Å²) in [6.07, 6.45) is 0. The van der Waals surface area contributed by atoms with Gasteiger partial charge >= 0.3 is 5.97 Å². The van der Waals surface area contributed by atoms with Gasteiger partial charge in [0.05, 0.1) is 32.6 Å². The topological polar surface area (TPSA) is 144 Å². The van der Waals surface area contributed by atoms with E-state index < -0.39 is 21.9 Å². The summed E-state index contributed by atoms with van der Waals surface area (Å²) in [7, 11) is -3.98. The summed E-state index contributed by atoms with van der Waals surface area (Å²) < 4.78 is 25.3. The first kappa shape index (κ1) is 26.1. The molecule has 0 spiro atoms. The Morgan fingerprint density at radius 3 is 2.28 bits per heavy atom. The van der Waals surface area contributed by atoms with Crippen LogP contribution in [0.1, 0.15) is 26.5 Å². The predicted molar refractivity (Wildman–Crippen MR) is 149 cm³/mol. The van der Waals surface area contributed by atoms with Gasteiger partial charge in [-0.25, -0.2) is 23.0 Å². The fraction of sp³-hybridized carbons (Fsp3) is 0.0357. The number of hydrogen-bond donors (Lipinski definition) is 3. The Bertz CT molecular complexity index is 1900. The summed E-state index contributed by atoms with van der Waals surface area (Å²) in [5, 5.41) is 24.0. The number of rotatable bonds is 6. The Labute approximate surface area is 228 Å². The molecule has 5 rings (SSSR count). The average molecular weight is 561 g/mol. The highest BCUT2D eigenvalue weighted by molar-refractivity contribution is 7.89. The number of primary sulfonamides is 1. The van der Waals surface area contributed by atoms with E-state index in [1.54, 1.807) is 61.5 Å². The zero-order valence-corrected chi connectivity index (χ0v) is 22.0. The number of anilines is 1. The zero-order chi connectivity index (χ0) is 27.9. The van der Waals surface area contributed by atoms with Crippen LogP contribution in [-0.2, 0) is 10.0 Å². The summed E-state index contributed by atoms with van der Waals surface area (Å²) in [6, 6.07) is 23.0. The van der Waals surface area contributed by atoms with E-state index >= 15 is 0 Å². The Kier molecular flexibility index (Phi) is 6.69. The van der Waals surface area contributed by atoms with Crippen LogP contribution in [-0.4, -0.2) is 35.2 Å². The quantitative estimate of drug-likeness (QED) is 0.258. The number of carboxylic acids is 1. The minimum absolute atomic E-state index is 0.0123. The molecule has 0 bridgehead atoms. The molecule has 39 heavy (non-hydrogen) atoms. The number of carbonyl (C=O) groups is 2. The molecule has 0 atom stereocenters. The van der Waals surface area contributed by atoms with Crippen molar-refractivity contribution in [1.82, 2.24) is 9.78 Å². The van der Waals surface area contributed by atoms with Gasteiger partial charge in [0.15, 0.2) is 0 Å². The van der Waals surface area contributed by atoms with Gasteiger partial charge in [-0.05, 0) is 59.7 Å². The molecule has 1 heterocycles. The van der Waals surface area contributed by atoms with E-state index in [0.29, 0.717) is 16.8 Å². The molecule has 0 saturated carbocycles. The fourth-order valence-corrected chi connectivity index (χ4v) is 5.33. The number of hydrogen-bond acceptors (Lipinski definition) is 5. The number of aromatic nitrogens is 2. The van der Waals surface area contributed by atoms with Crippen LogP contribution in [0.15, 0.2) is 89.8 Å². The van der Waals surface area contributed by atoms with E-state index in [-0.39, 0.29) is 32.6 Å². The molecule has 0 aliphatic heterocycles. The number of amides is 1. The van der Waals surface area contributed by atoms with E-state index in [9.17, 15) is 23.1 Å². The van der Waals surface area contributed by atoms with Crippen LogP contribution in [0, 0.1) is 6.92 Å². The number of sulfonamides is 1. The summed E-state index contributed by atoms with van der Waals surface area (Å²) in [4.78, 5) is 25.4. The molecule has 5 aromatic rings. The first-order chi connectivity index (χ1) is 18.5. The van der Waals surface area contributed by atoms with Gasteiger partial charge in [-0.15, -0.1) is 0 Å². The van der Waals surface area contributed by atoms with Crippen molar-refractivity contribution in [2.75, 3.05) is 5.32 Å². The third kappa shape index (κ3) is 5.13. The van der Waals surface area contributed by atoms with Crippen LogP contribution in [0.25, 0.3) is 27.6 Å². The van der Waals surface area contributed by atoms with Crippen LogP contribution in [0.4, 0.5) is 5.69 Å². The molecule has 1 amide bonds. The van der Waals surface area contributed by atoms with E-state index in [0.717, 1.165) is 10.8 Å². The van der Waals surface area contributed by atoms with Gasteiger partial charge < -0.3 is 10.4 Å². The monoisotopic (exact) mass is 560 g/mol. The molecule has 9 nitrogen and oxygen atoms in total. The van der Waals surface area contributed by atoms with Crippen molar-refractivity contribution in [3.05, 3.63) is 107 Å². The van der Waals surface area contributed by atoms with Gasteiger partial charge in [-0.2, -0.15) is 5.10 Å². The molecule has 4 aromatic carbocycles. The lowest BCUT2D eigenvalue weighted by molar-refractivity contribution is 0.0696. The van der Waals surface area contributed by atoms with Crippen molar-refractivity contribution in [1.29, 1.82) is 0 Å². The van der Waals surface area contributed by atoms with Crippen LogP contribution < -0.4 is 10.5 Å². The molecule has 0 saturated heterocycles. The maximum atomic E-state index is 13.4. The molecule has 0 radical (unpaired) electrons. The molecular weight excluding hydrogens is 540 g/mol. The Balaban J connectivity index is 1.52. The molecule has 0 unspecified atom stereocenters. The first-order valence-corrected chi connectivity index (χ1v) is 13.5. The van der Waals surface area contributed by atoms with Gasteiger partial charge in [-0.3, -0.25) is 4.79 Å². The molecule has 0 aliphatic carbocycles. The standard InChI is InChI=1S/C28H21ClN4O5S/c1-16-12-25(33(32-16)24-15-18-7-3-2-6-17(18)13-21(24)28(35)36)27(34)31-23-11-10-19(14-22(23)29)20-8-4-5-9-26(20)39(30,37)38/h2-15H,1H3,(H,31,34)(H,35,36)(H2,30,37,38). The number of nitrogens with one attached hydrogen (secondary N) is 1. The van der Waals surface area contributed by atoms with E-state index in [1.165, 1.54) is 16.8 Å². The minimum atomic E-state index is -3.98. The van der Waals surface area contributed by atoms with Crippen molar-refractivity contribution in [3.63, 3.8) is 0 Å². The van der Waals surface area contributed by atoms with Gasteiger partial charge in [0.2, 0.25) is 10.0 Å². The lowest BCUT2D eigenvalue weighted by Gasteiger charge is -2.14. The highest BCUT2D eigenvalue weighted by Crippen LogP contribution is 2.33. The molecule has 0 aliphatic rings. The molecule has 0 fully saturated rings. The first-order valence-electron chi connectivity index (χ1n) is 11.6. The van der Waals surface area contributed by atoms with Crippen molar-refractivity contribution >= 4 is 50.0 Å². The van der Waals surface area contributed by atoms with Crippen molar-refractivity contribution in [2.24, 2.45) is 5.14 Å². The molecule has 4 N–H and O–H groups in total. The largest absolute Gasteiger partial charge is 0.478 e. The second-order valence-electron chi connectivity index (χ2n) is 8.79. The Hall–Kier alpha value is -4.51. The summed E-state index contributed by atoms with van der Waals surface area (Å²) in [5.41, 5.74) is 1.95. The van der Waals surface area contributed by atoms with Crippen molar-refractivity contribution in [3.8, 4) is 16.8 Å². The Morgan fingerprint density at radius 1 is 0.949 bits per heavy atom. The Morgan fingerprint density at radius 2 is 1.62 bits per heavy atom. The van der Waals surface area contributed by atoms with Crippen LogP contribution in [0.5, 0.6) is 0 Å². The highest BCUT2D eigenvalue weighted by Gasteiger charge is 2.22. The van der Waals surface area contributed by atoms with Gasteiger partial charge in [0.25, 0.3) is 5.91 Å². The molecular formula is C28H21ClN4O5S. The van der Waals surface area contributed by atoms with Gasteiger partial charge in [0.1, 0.15) is 5.69 Å². The van der Waals surface area contributed by atoms with Crippen LogP contribution >= 0.6 is 11.6 Å². The normalized spacial score (nSPS) is 11.5. The maximum absolute atomic E-state index is 13.4. The fourth-order valence-electron chi connectivity index (χ4n) is 4.34. The third-order valence-corrected chi connectivity index (χ3v) is 7.39. The average Bonchev–Trinajstić information content (AvgIpc) is 3.30. The number of fused-ring (bicyclic) bond motifs is 1. The van der Waals surface area contributed by atoms with Crippen molar-refractivity contribution in [2.45, 2.75) is 11.8 Å². The number of carboxylic acid groups (broad SMARTS) is 1. The number of aromatic carboxylic acids is 1. The number of carbonyl (C=O) groups excluding carboxylic acids is 1. The van der Waals surface area contributed by atoms with E-state index in [4.69, 9.17) is 16.7 Å². The predicted octanol–water partition coefficient (Wildman–Crippen LogP) is 5.25. The number of nitrogens with two attached hydrogens (primary N) is 1. The number of aryl methyl sites for hydroxylation is 1. The number of benzene rings is 4. The van der Waals surface area contributed by atoms with Crippen LogP contribution in [0.2, 0.25) is 5.02 Å². The number of nitrogens with zero attached hydrogens (tertiary/aromatic N) is 2.